The average molecular weight is 267 g/mol. The summed E-state index contributed by atoms with van der Waals surface area (Å²) in [5, 5.41) is 9.93. The van der Waals surface area contributed by atoms with E-state index in [1.54, 1.807) is 0 Å². The molecule has 1 N–H and O–H groups in total. The van der Waals surface area contributed by atoms with E-state index in [2.05, 4.69) is 4.99 Å². The van der Waals surface area contributed by atoms with Gasteiger partial charge in [-0.15, -0.1) is 0 Å². The Bertz CT molecular complexity index is 625. The van der Waals surface area contributed by atoms with Crippen LogP contribution >= 0.6 is 0 Å². The first-order valence-electron chi connectivity index (χ1n) is 5.52. The summed E-state index contributed by atoms with van der Waals surface area (Å²) >= 11 is 0. The number of benzene rings is 1. The van der Waals surface area contributed by atoms with E-state index in [4.69, 9.17) is 0 Å². The molecule has 5 nitrogen and oxygen atoms in total. The molecular weight excluding hydrogens is 254 g/mol. The number of aliphatic imine (C=N–C) groups is 1. The number of rotatable bonds is 3. The lowest BCUT2D eigenvalue weighted by Crippen LogP contribution is -2.32. The third-order valence-electron chi connectivity index (χ3n) is 3.34. The van der Waals surface area contributed by atoms with Crippen LogP contribution in [0.2, 0.25) is 0 Å². The first-order valence-corrected chi connectivity index (χ1v) is 7.41. The van der Waals surface area contributed by atoms with E-state index in [9.17, 15) is 18.3 Å². The smallest absolute Gasteiger partial charge is 0.235 e. The minimum absolute atomic E-state index is 0.0494. The maximum Gasteiger partial charge on any atom is 0.235 e. The zero-order valence-corrected chi connectivity index (χ0v) is 10.7. The fourth-order valence-corrected chi connectivity index (χ4v) is 2.82. The van der Waals surface area contributed by atoms with E-state index in [1.165, 1.54) is 24.3 Å². The Hall–Kier alpha value is -1.65. The molecule has 0 spiro atoms. The van der Waals surface area contributed by atoms with Gasteiger partial charge in [0, 0.05) is 11.8 Å². The lowest BCUT2D eigenvalue weighted by atomic mass is 9.72. The predicted octanol–water partition coefficient (Wildman–Crippen LogP) is 1.51. The Morgan fingerprint density at radius 1 is 1.39 bits per heavy atom. The third kappa shape index (κ3) is 2.05. The molecule has 1 aromatic rings. The van der Waals surface area contributed by atoms with Crippen LogP contribution in [0.3, 0.4) is 0 Å². The lowest BCUT2D eigenvalue weighted by molar-refractivity contribution is 0.247. The fourth-order valence-electron chi connectivity index (χ4n) is 2.18. The van der Waals surface area contributed by atoms with Crippen LogP contribution in [0.1, 0.15) is 24.8 Å². The summed E-state index contributed by atoms with van der Waals surface area (Å²) in [6.07, 6.45) is 4.84. The molecule has 0 bridgehead atoms. The Kier molecular flexibility index (Phi) is 3.00. The number of isocyanates is 1. The highest BCUT2D eigenvalue weighted by Crippen LogP contribution is 2.48. The van der Waals surface area contributed by atoms with E-state index in [1.807, 2.05) is 0 Å². The van der Waals surface area contributed by atoms with Crippen LogP contribution in [0.5, 0.6) is 5.75 Å². The average Bonchev–Trinajstić information content (AvgIpc) is 2.22. The van der Waals surface area contributed by atoms with Crippen molar-refractivity contribution >= 4 is 15.9 Å². The summed E-state index contributed by atoms with van der Waals surface area (Å²) in [5.41, 5.74) is -0.230. The molecule has 18 heavy (non-hydrogen) atoms. The van der Waals surface area contributed by atoms with E-state index >= 15 is 0 Å². The molecule has 0 heterocycles. The molecular formula is C12H13NO4S. The topological polar surface area (TPSA) is 83.8 Å². The normalized spacial score (nSPS) is 17.6. The highest BCUT2D eigenvalue weighted by Gasteiger charge is 2.40. The molecule has 0 saturated heterocycles. The van der Waals surface area contributed by atoms with Gasteiger partial charge in [-0.05, 0) is 31.4 Å². The highest BCUT2D eigenvalue weighted by atomic mass is 32.2. The zero-order valence-electron chi connectivity index (χ0n) is 9.88. The van der Waals surface area contributed by atoms with Gasteiger partial charge in [0.25, 0.3) is 0 Å². The van der Waals surface area contributed by atoms with Crippen molar-refractivity contribution in [1.82, 2.24) is 0 Å². The van der Waals surface area contributed by atoms with Crippen molar-refractivity contribution in [3.63, 3.8) is 0 Å². The summed E-state index contributed by atoms with van der Waals surface area (Å²) in [7, 11) is -3.36. The maximum atomic E-state index is 11.4. The molecule has 0 radical (unpaired) electrons. The fraction of sp³-hybridized carbons (Fsp3) is 0.417. The van der Waals surface area contributed by atoms with Gasteiger partial charge in [-0.25, -0.2) is 13.2 Å². The number of sulfone groups is 1. The number of aromatic hydroxyl groups is 1. The minimum Gasteiger partial charge on any atom is -0.508 e. The zero-order chi connectivity index (χ0) is 13.4. The second-order valence-electron chi connectivity index (χ2n) is 4.54. The minimum atomic E-state index is -3.36. The van der Waals surface area contributed by atoms with Gasteiger partial charge in [-0.2, -0.15) is 4.99 Å². The number of phenols is 1. The van der Waals surface area contributed by atoms with Crippen LogP contribution in [-0.4, -0.2) is 25.9 Å². The molecule has 1 aromatic carbocycles. The quantitative estimate of drug-likeness (QED) is 0.664. The molecule has 6 heteroatoms. The summed E-state index contributed by atoms with van der Waals surface area (Å²) < 4.78 is 22.7. The Morgan fingerprint density at radius 2 is 2.06 bits per heavy atom. The first-order chi connectivity index (χ1) is 8.39. The number of carbonyl (C=O) groups excluding carboxylic acids is 1. The van der Waals surface area contributed by atoms with Crippen molar-refractivity contribution < 1.29 is 18.3 Å². The summed E-state index contributed by atoms with van der Waals surface area (Å²) in [6, 6.07) is 4.14. The first kappa shape index (κ1) is 12.8. The van der Waals surface area contributed by atoms with Gasteiger partial charge in [0.05, 0.1) is 4.90 Å². The second-order valence-corrected chi connectivity index (χ2v) is 6.56. The predicted molar refractivity (Wildman–Crippen MR) is 64.9 cm³/mol. The van der Waals surface area contributed by atoms with Crippen LogP contribution in [0, 0.1) is 0 Å². The van der Waals surface area contributed by atoms with Gasteiger partial charge in [-0.3, -0.25) is 0 Å². The van der Waals surface area contributed by atoms with Gasteiger partial charge in [0.15, 0.2) is 9.84 Å². The molecule has 0 aromatic heterocycles. The summed E-state index contributed by atoms with van der Waals surface area (Å²) in [6.45, 7) is 0. The molecule has 1 aliphatic carbocycles. The van der Waals surface area contributed by atoms with E-state index in [-0.39, 0.29) is 10.6 Å². The largest absolute Gasteiger partial charge is 0.508 e. The van der Waals surface area contributed by atoms with Gasteiger partial charge in [-0.1, -0.05) is 6.07 Å². The molecule has 0 atom stereocenters. The van der Waals surface area contributed by atoms with Crippen molar-refractivity contribution in [2.75, 3.05) is 6.26 Å². The molecule has 2 rings (SSSR count). The van der Waals surface area contributed by atoms with Gasteiger partial charge in [0.2, 0.25) is 6.08 Å². The number of nitrogens with zero attached hydrogens (tertiary/aromatic N) is 1. The highest BCUT2D eigenvalue weighted by molar-refractivity contribution is 7.90. The van der Waals surface area contributed by atoms with Crippen LogP contribution in [0.25, 0.3) is 0 Å². The Balaban J connectivity index is 2.51. The molecule has 1 saturated carbocycles. The van der Waals surface area contributed by atoms with Crippen LogP contribution < -0.4 is 0 Å². The maximum absolute atomic E-state index is 11.4. The molecule has 96 valence electrons. The molecule has 0 amide bonds. The van der Waals surface area contributed by atoms with Crippen molar-refractivity contribution in [2.45, 2.75) is 29.7 Å². The van der Waals surface area contributed by atoms with Crippen molar-refractivity contribution in [3.05, 3.63) is 23.8 Å². The van der Waals surface area contributed by atoms with Crippen LogP contribution in [0.4, 0.5) is 0 Å². The molecule has 1 fully saturated rings. The van der Waals surface area contributed by atoms with Crippen molar-refractivity contribution in [2.24, 2.45) is 4.99 Å². The Labute approximate surface area is 105 Å². The number of phenolic OH excluding ortho intramolecular Hbond substituents is 1. The number of hydrogen-bond donors (Lipinski definition) is 1. The van der Waals surface area contributed by atoms with E-state index in [0.717, 1.165) is 12.7 Å². The van der Waals surface area contributed by atoms with Crippen molar-refractivity contribution in [3.8, 4) is 5.75 Å². The molecule has 1 aliphatic rings. The van der Waals surface area contributed by atoms with E-state index in [0.29, 0.717) is 18.4 Å². The SMILES string of the molecule is CS(=O)(=O)c1ccc(C2(N=C=O)CCC2)c(O)c1. The van der Waals surface area contributed by atoms with Crippen LogP contribution in [0.15, 0.2) is 28.1 Å². The standard InChI is InChI=1S/C12H13NO4S/c1-18(16,17)9-3-4-10(11(15)7-9)12(13-8-14)5-2-6-12/h3-4,7,15H,2,5-6H2,1H3. The molecule has 0 aliphatic heterocycles. The summed E-state index contributed by atoms with van der Waals surface area (Å²) in [5.74, 6) is -0.142. The Morgan fingerprint density at radius 3 is 2.44 bits per heavy atom. The number of hydrogen-bond acceptors (Lipinski definition) is 5. The van der Waals surface area contributed by atoms with Gasteiger partial charge >= 0.3 is 0 Å². The monoisotopic (exact) mass is 267 g/mol. The van der Waals surface area contributed by atoms with Crippen molar-refractivity contribution in [1.29, 1.82) is 0 Å². The lowest BCUT2D eigenvalue weighted by Gasteiger charge is -2.37. The van der Waals surface area contributed by atoms with Gasteiger partial charge in [0.1, 0.15) is 11.3 Å². The van der Waals surface area contributed by atoms with Crippen LogP contribution in [-0.2, 0) is 20.2 Å². The second kappa shape index (κ2) is 4.23. The summed E-state index contributed by atoms with van der Waals surface area (Å²) in [4.78, 5) is 14.3. The third-order valence-corrected chi connectivity index (χ3v) is 4.45. The van der Waals surface area contributed by atoms with E-state index < -0.39 is 15.4 Å². The molecule has 0 unspecified atom stereocenters. The van der Waals surface area contributed by atoms with Gasteiger partial charge < -0.3 is 5.11 Å².